The van der Waals surface area contributed by atoms with Crippen LogP contribution in [0.15, 0.2) is 12.1 Å². The Morgan fingerprint density at radius 2 is 2.00 bits per heavy atom. The van der Waals surface area contributed by atoms with Crippen LogP contribution in [0, 0.1) is 10.6 Å². The van der Waals surface area contributed by atoms with Gasteiger partial charge in [-0.1, -0.05) is 11.6 Å². The van der Waals surface area contributed by atoms with E-state index < -0.39 is 5.82 Å². The van der Waals surface area contributed by atoms with Crippen LogP contribution in [0.25, 0.3) is 11.0 Å². The number of imidazole rings is 1. The van der Waals surface area contributed by atoms with Crippen LogP contribution in [0.5, 0.6) is 0 Å². The average Bonchev–Trinajstić information content (AvgIpc) is 3.01. The molecule has 2 heterocycles. The Labute approximate surface area is 127 Å². The highest BCUT2D eigenvalue weighted by atomic mass is 35.5. The first-order valence-corrected chi connectivity index (χ1v) is 7.74. The summed E-state index contributed by atoms with van der Waals surface area (Å²) in [7, 11) is 0. The number of hydrogen-bond acceptors (Lipinski definition) is 2. The highest BCUT2D eigenvalue weighted by Crippen LogP contribution is 2.23. The molecule has 0 amide bonds. The van der Waals surface area contributed by atoms with Gasteiger partial charge in [0, 0.05) is 12.6 Å². The van der Waals surface area contributed by atoms with Gasteiger partial charge in [0.15, 0.2) is 4.77 Å². The molecule has 0 saturated carbocycles. The summed E-state index contributed by atoms with van der Waals surface area (Å²) >= 11 is 11.1. The molecule has 3 nitrogen and oxygen atoms in total. The first-order chi connectivity index (χ1) is 9.65. The molecule has 0 atom stereocenters. The number of aromatic amines is 1. The fourth-order valence-electron chi connectivity index (χ4n) is 2.83. The molecule has 6 heteroatoms. The predicted molar refractivity (Wildman–Crippen MR) is 82.4 cm³/mol. The molecule has 1 aliphatic rings. The first kappa shape index (κ1) is 14.0. The Bertz CT molecular complexity index is 673. The molecule has 3 rings (SSSR count). The van der Waals surface area contributed by atoms with E-state index in [2.05, 4.69) is 9.88 Å². The molecule has 0 aliphatic carbocycles. The van der Waals surface area contributed by atoms with Crippen LogP contribution < -0.4 is 0 Å². The maximum atomic E-state index is 13.6. The van der Waals surface area contributed by atoms with Gasteiger partial charge in [0.1, 0.15) is 5.82 Å². The lowest BCUT2D eigenvalue weighted by atomic mass is 10.3. The maximum absolute atomic E-state index is 13.6. The van der Waals surface area contributed by atoms with Gasteiger partial charge < -0.3 is 14.5 Å². The zero-order valence-electron chi connectivity index (χ0n) is 11.2. The van der Waals surface area contributed by atoms with E-state index in [1.807, 2.05) is 4.57 Å². The molecular weight excluding hydrogens is 297 g/mol. The summed E-state index contributed by atoms with van der Waals surface area (Å²) in [4.78, 5) is 5.55. The van der Waals surface area contributed by atoms with Crippen molar-refractivity contribution in [3.63, 3.8) is 0 Å². The Kier molecular flexibility index (Phi) is 4.10. The Morgan fingerprint density at radius 3 is 2.75 bits per heavy atom. The number of likely N-dealkylation sites (tertiary alicyclic amines) is 1. The Hall–Kier alpha value is -0.910. The van der Waals surface area contributed by atoms with Gasteiger partial charge >= 0.3 is 0 Å². The minimum atomic E-state index is -0.401. The quantitative estimate of drug-likeness (QED) is 0.863. The van der Waals surface area contributed by atoms with Crippen LogP contribution in [0.1, 0.15) is 19.3 Å². The van der Waals surface area contributed by atoms with E-state index in [0.29, 0.717) is 4.77 Å². The van der Waals surface area contributed by atoms with Crippen molar-refractivity contribution in [2.75, 3.05) is 19.6 Å². The smallest absolute Gasteiger partial charge is 0.178 e. The normalized spacial score (nSPS) is 16.3. The lowest BCUT2D eigenvalue weighted by Crippen LogP contribution is -2.21. The summed E-state index contributed by atoms with van der Waals surface area (Å²) in [5.41, 5.74) is 1.58. The molecule has 1 aliphatic heterocycles. The maximum Gasteiger partial charge on any atom is 0.178 e. The van der Waals surface area contributed by atoms with Crippen molar-refractivity contribution >= 4 is 34.9 Å². The zero-order chi connectivity index (χ0) is 14.1. The zero-order valence-corrected chi connectivity index (χ0v) is 12.7. The number of benzene rings is 1. The lowest BCUT2D eigenvalue weighted by molar-refractivity contribution is 0.326. The molecule has 0 unspecified atom stereocenters. The third-order valence-corrected chi connectivity index (χ3v) is 4.48. The largest absolute Gasteiger partial charge is 0.331 e. The second-order valence-electron chi connectivity index (χ2n) is 5.27. The van der Waals surface area contributed by atoms with Crippen LogP contribution in [0.2, 0.25) is 5.02 Å². The van der Waals surface area contributed by atoms with Crippen LogP contribution in [0.3, 0.4) is 0 Å². The second kappa shape index (κ2) is 5.84. The minimum Gasteiger partial charge on any atom is -0.331 e. The van der Waals surface area contributed by atoms with E-state index >= 15 is 0 Å². The molecule has 108 valence electrons. The van der Waals surface area contributed by atoms with Crippen LogP contribution >= 0.6 is 23.8 Å². The van der Waals surface area contributed by atoms with E-state index in [0.717, 1.165) is 30.5 Å². The van der Waals surface area contributed by atoms with Gasteiger partial charge in [-0.05, 0) is 57.2 Å². The van der Waals surface area contributed by atoms with Gasteiger partial charge in [-0.3, -0.25) is 0 Å². The van der Waals surface area contributed by atoms with Crippen molar-refractivity contribution in [1.82, 2.24) is 14.5 Å². The van der Waals surface area contributed by atoms with Gasteiger partial charge in [-0.25, -0.2) is 4.39 Å². The van der Waals surface area contributed by atoms with Crippen LogP contribution in [-0.2, 0) is 6.54 Å². The van der Waals surface area contributed by atoms with Crippen LogP contribution in [-0.4, -0.2) is 34.1 Å². The molecular formula is C14H17ClFN3S. The molecule has 2 aromatic rings. The van der Waals surface area contributed by atoms with Crippen molar-refractivity contribution in [2.24, 2.45) is 0 Å². The fraction of sp³-hybridized carbons (Fsp3) is 0.500. The average molecular weight is 314 g/mol. The number of H-pyrrole nitrogens is 1. The summed E-state index contributed by atoms with van der Waals surface area (Å²) in [6, 6.07) is 3.05. The third-order valence-electron chi connectivity index (χ3n) is 3.87. The summed E-state index contributed by atoms with van der Waals surface area (Å²) in [5, 5.41) is 0.123. The fourth-order valence-corrected chi connectivity index (χ4v) is 3.30. The number of halogens is 2. The predicted octanol–water partition coefficient (Wildman–Crippen LogP) is 3.98. The third kappa shape index (κ3) is 2.75. The van der Waals surface area contributed by atoms with Crippen LogP contribution in [0.4, 0.5) is 4.39 Å². The van der Waals surface area contributed by atoms with Gasteiger partial charge in [0.2, 0.25) is 0 Å². The number of aromatic nitrogens is 2. The van der Waals surface area contributed by atoms with Crippen molar-refractivity contribution in [3.8, 4) is 0 Å². The topological polar surface area (TPSA) is 24.0 Å². The molecule has 1 aromatic carbocycles. The molecule has 1 saturated heterocycles. The number of nitrogens with zero attached hydrogens (tertiary/aromatic N) is 2. The van der Waals surface area contributed by atoms with E-state index in [1.165, 1.54) is 32.0 Å². The molecule has 20 heavy (non-hydrogen) atoms. The van der Waals surface area contributed by atoms with Crippen molar-refractivity contribution in [3.05, 3.63) is 27.7 Å². The van der Waals surface area contributed by atoms with Crippen molar-refractivity contribution in [2.45, 2.75) is 25.8 Å². The molecule has 1 fully saturated rings. The number of hydrogen-bond donors (Lipinski definition) is 1. The molecule has 1 N–H and O–H groups in total. The Morgan fingerprint density at radius 1 is 1.25 bits per heavy atom. The molecule has 0 spiro atoms. The SMILES string of the molecule is Fc1cc2c(cc1Cl)[nH]c(=S)n2CCCN1CCCC1. The summed E-state index contributed by atoms with van der Waals surface area (Å²) in [6.07, 6.45) is 3.62. The highest BCUT2D eigenvalue weighted by Gasteiger charge is 2.12. The van der Waals surface area contributed by atoms with Gasteiger partial charge in [-0.2, -0.15) is 0 Å². The number of rotatable bonds is 4. The lowest BCUT2D eigenvalue weighted by Gasteiger charge is -2.14. The minimum absolute atomic E-state index is 0.123. The van der Waals surface area contributed by atoms with E-state index in [9.17, 15) is 4.39 Å². The highest BCUT2D eigenvalue weighted by molar-refractivity contribution is 7.71. The van der Waals surface area contributed by atoms with Gasteiger partial charge in [-0.15, -0.1) is 0 Å². The summed E-state index contributed by atoms with van der Waals surface area (Å²) < 4.78 is 16.2. The first-order valence-electron chi connectivity index (χ1n) is 6.95. The summed E-state index contributed by atoms with van der Waals surface area (Å²) in [5.74, 6) is -0.401. The van der Waals surface area contributed by atoms with E-state index in [-0.39, 0.29) is 5.02 Å². The van der Waals surface area contributed by atoms with E-state index in [4.69, 9.17) is 23.8 Å². The van der Waals surface area contributed by atoms with Gasteiger partial charge in [0.25, 0.3) is 0 Å². The second-order valence-corrected chi connectivity index (χ2v) is 6.06. The van der Waals surface area contributed by atoms with Crippen molar-refractivity contribution in [1.29, 1.82) is 0 Å². The molecule has 0 bridgehead atoms. The Balaban J connectivity index is 1.78. The van der Waals surface area contributed by atoms with E-state index in [1.54, 1.807) is 6.07 Å². The molecule has 1 aromatic heterocycles. The monoisotopic (exact) mass is 313 g/mol. The van der Waals surface area contributed by atoms with Crippen molar-refractivity contribution < 1.29 is 4.39 Å². The van der Waals surface area contributed by atoms with Gasteiger partial charge in [0.05, 0.1) is 16.1 Å². The summed E-state index contributed by atoms with van der Waals surface area (Å²) in [6.45, 7) is 4.27. The number of fused-ring (bicyclic) bond motifs is 1. The number of nitrogens with one attached hydrogen (secondary N) is 1. The standard InChI is InChI=1S/C14H17ClFN3S/c15-10-8-12-13(9-11(10)16)19(14(20)17-12)7-3-6-18-4-1-2-5-18/h8-9H,1-7H2,(H,17,20). The molecule has 0 radical (unpaired) electrons. The number of aryl methyl sites for hydroxylation is 1.